The first kappa shape index (κ1) is 20.9. The zero-order valence-electron chi connectivity index (χ0n) is 16.8. The molecule has 7 nitrogen and oxygen atoms in total. The van der Waals surface area contributed by atoms with Crippen molar-refractivity contribution in [3.05, 3.63) is 53.6 Å². The monoisotopic (exact) mass is 445 g/mol. The number of sulfonamides is 1. The molecule has 0 radical (unpaired) electrons. The quantitative estimate of drug-likeness (QED) is 0.626. The molecule has 0 bridgehead atoms. The summed E-state index contributed by atoms with van der Waals surface area (Å²) < 4.78 is 33.4. The van der Waals surface area contributed by atoms with E-state index >= 15 is 0 Å². The van der Waals surface area contributed by atoms with E-state index in [1.54, 1.807) is 7.05 Å². The second kappa shape index (κ2) is 8.43. The number of carbonyl (C=O) groups is 1. The maximum absolute atomic E-state index is 12.8. The standard InChI is InChI=1S/C21H23N3O4S2/c1-14-5-3-7-18-19(14)22-21(29-18)23-20(25)15-8-10-17(11-9-15)30(26,27)24(2)13-16-6-4-12-28-16/h3,5,7-11,16H,4,6,12-13H2,1-2H3,(H,22,23,25). The lowest BCUT2D eigenvalue weighted by molar-refractivity contribution is 0.0979. The van der Waals surface area contributed by atoms with E-state index in [4.69, 9.17) is 4.74 Å². The molecule has 1 amide bonds. The summed E-state index contributed by atoms with van der Waals surface area (Å²) in [5, 5.41) is 3.31. The minimum absolute atomic E-state index is 0.0627. The van der Waals surface area contributed by atoms with Gasteiger partial charge in [-0.2, -0.15) is 4.31 Å². The van der Waals surface area contributed by atoms with Crippen LogP contribution in [0.1, 0.15) is 28.8 Å². The molecule has 3 aromatic rings. The third-order valence-corrected chi connectivity index (χ3v) is 7.92. The number of thiazole rings is 1. The largest absolute Gasteiger partial charge is 0.377 e. The Labute approximate surface area is 179 Å². The Kier molecular flexibility index (Phi) is 5.88. The summed E-state index contributed by atoms with van der Waals surface area (Å²) in [6.07, 6.45) is 1.76. The van der Waals surface area contributed by atoms with Gasteiger partial charge in [0.25, 0.3) is 5.91 Å². The van der Waals surface area contributed by atoms with Crippen molar-refractivity contribution in [3.63, 3.8) is 0 Å². The number of carbonyl (C=O) groups excluding carboxylic acids is 1. The fraction of sp³-hybridized carbons (Fsp3) is 0.333. The molecule has 30 heavy (non-hydrogen) atoms. The summed E-state index contributed by atoms with van der Waals surface area (Å²) in [7, 11) is -2.09. The molecular formula is C21H23N3O4S2. The Balaban J connectivity index is 1.46. The van der Waals surface area contributed by atoms with Crippen LogP contribution in [0.5, 0.6) is 0 Å². The number of likely N-dealkylation sites (N-methyl/N-ethyl adjacent to an activating group) is 1. The van der Waals surface area contributed by atoms with E-state index in [2.05, 4.69) is 10.3 Å². The molecule has 0 saturated carbocycles. The summed E-state index contributed by atoms with van der Waals surface area (Å²) in [6.45, 7) is 2.97. The highest BCUT2D eigenvalue weighted by Gasteiger charge is 2.26. The van der Waals surface area contributed by atoms with Gasteiger partial charge in [0.05, 0.1) is 21.2 Å². The number of rotatable bonds is 6. The minimum atomic E-state index is -3.64. The fourth-order valence-electron chi connectivity index (χ4n) is 3.44. The molecule has 0 aliphatic carbocycles. The third-order valence-electron chi connectivity index (χ3n) is 5.15. The Morgan fingerprint density at radius 2 is 2.03 bits per heavy atom. The van der Waals surface area contributed by atoms with Crippen molar-refractivity contribution in [1.29, 1.82) is 0 Å². The number of fused-ring (bicyclic) bond motifs is 1. The van der Waals surface area contributed by atoms with Crippen molar-refractivity contribution >= 4 is 42.6 Å². The highest BCUT2D eigenvalue weighted by molar-refractivity contribution is 7.89. The van der Waals surface area contributed by atoms with E-state index in [9.17, 15) is 13.2 Å². The first-order valence-corrected chi connectivity index (χ1v) is 12.0. The molecule has 1 saturated heterocycles. The number of nitrogens with one attached hydrogen (secondary N) is 1. The third kappa shape index (κ3) is 4.24. The molecule has 1 N–H and O–H groups in total. The predicted molar refractivity (Wildman–Crippen MR) is 118 cm³/mol. The van der Waals surface area contributed by atoms with Crippen molar-refractivity contribution in [3.8, 4) is 0 Å². The van der Waals surface area contributed by atoms with Crippen LogP contribution in [0.4, 0.5) is 5.13 Å². The smallest absolute Gasteiger partial charge is 0.257 e. The van der Waals surface area contributed by atoms with Gasteiger partial charge in [-0.15, -0.1) is 0 Å². The normalized spacial score (nSPS) is 17.0. The zero-order chi connectivity index (χ0) is 21.3. The van der Waals surface area contributed by atoms with Crippen molar-refractivity contribution in [1.82, 2.24) is 9.29 Å². The number of hydrogen-bond donors (Lipinski definition) is 1. The average molecular weight is 446 g/mol. The van der Waals surface area contributed by atoms with Crippen LogP contribution < -0.4 is 5.32 Å². The first-order chi connectivity index (χ1) is 14.3. The van der Waals surface area contributed by atoms with E-state index in [1.165, 1.54) is 39.9 Å². The summed E-state index contributed by atoms with van der Waals surface area (Å²) in [4.78, 5) is 17.2. The van der Waals surface area contributed by atoms with E-state index < -0.39 is 10.0 Å². The van der Waals surface area contributed by atoms with Gasteiger partial charge >= 0.3 is 0 Å². The number of nitrogens with zero attached hydrogens (tertiary/aromatic N) is 2. The Hall–Kier alpha value is -2.33. The molecule has 9 heteroatoms. The molecule has 158 valence electrons. The molecule has 1 aromatic heterocycles. The number of para-hydroxylation sites is 1. The van der Waals surface area contributed by atoms with E-state index in [-0.39, 0.29) is 16.9 Å². The molecule has 1 fully saturated rings. The number of anilines is 1. The number of amides is 1. The predicted octanol–water partition coefficient (Wildman–Crippen LogP) is 3.66. The zero-order valence-corrected chi connectivity index (χ0v) is 18.4. The van der Waals surface area contributed by atoms with Gasteiger partial charge < -0.3 is 4.74 Å². The molecule has 2 aromatic carbocycles. The topological polar surface area (TPSA) is 88.6 Å². The lowest BCUT2D eigenvalue weighted by atomic mass is 10.2. The van der Waals surface area contributed by atoms with Gasteiger partial charge in [-0.05, 0) is 55.7 Å². The van der Waals surface area contributed by atoms with Gasteiger partial charge in [-0.25, -0.2) is 13.4 Å². The van der Waals surface area contributed by atoms with Crippen LogP contribution in [0, 0.1) is 6.92 Å². The maximum atomic E-state index is 12.8. The number of hydrogen-bond acceptors (Lipinski definition) is 6. The number of aromatic nitrogens is 1. The molecule has 1 unspecified atom stereocenters. The summed E-state index contributed by atoms with van der Waals surface area (Å²) in [5.74, 6) is -0.330. The molecule has 0 spiro atoms. The van der Waals surface area contributed by atoms with Gasteiger partial charge in [-0.1, -0.05) is 23.5 Å². The van der Waals surface area contributed by atoms with Gasteiger partial charge in [-0.3, -0.25) is 10.1 Å². The molecular weight excluding hydrogens is 422 g/mol. The van der Waals surface area contributed by atoms with E-state index in [0.717, 1.165) is 28.6 Å². The van der Waals surface area contributed by atoms with E-state index in [0.29, 0.717) is 23.8 Å². The van der Waals surface area contributed by atoms with Crippen LogP contribution in [0.3, 0.4) is 0 Å². The van der Waals surface area contributed by atoms with Gasteiger partial charge in [0.2, 0.25) is 10.0 Å². The second-order valence-corrected chi connectivity index (χ2v) is 10.4. The SMILES string of the molecule is Cc1cccc2sc(NC(=O)c3ccc(S(=O)(=O)N(C)CC4CCCO4)cc3)nc12. The molecule has 2 heterocycles. The van der Waals surface area contributed by atoms with Crippen LogP contribution in [0.15, 0.2) is 47.4 Å². The fourth-order valence-corrected chi connectivity index (χ4v) is 5.58. The Bertz CT molecular complexity index is 1170. The average Bonchev–Trinajstić information content (AvgIpc) is 3.38. The number of benzene rings is 2. The lowest BCUT2D eigenvalue weighted by Crippen LogP contribution is -2.34. The Morgan fingerprint density at radius 3 is 2.70 bits per heavy atom. The molecule has 1 aliphatic heterocycles. The van der Waals surface area contributed by atoms with Crippen LogP contribution >= 0.6 is 11.3 Å². The second-order valence-electron chi connectivity index (χ2n) is 7.34. The van der Waals surface area contributed by atoms with Crippen molar-refractivity contribution in [2.24, 2.45) is 0 Å². The van der Waals surface area contributed by atoms with Gasteiger partial charge in [0.15, 0.2) is 5.13 Å². The highest BCUT2D eigenvalue weighted by atomic mass is 32.2. The number of aryl methyl sites for hydroxylation is 1. The summed E-state index contributed by atoms with van der Waals surface area (Å²) in [6, 6.07) is 11.8. The van der Waals surface area contributed by atoms with Crippen LogP contribution in [0.25, 0.3) is 10.2 Å². The Morgan fingerprint density at radius 1 is 1.27 bits per heavy atom. The van der Waals surface area contributed by atoms with Gasteiger partial charge in [0.1, 0.15) is 0 Å². The minimum Gasteiger partial charge on any atom is -0.377 e. The summed E-state index contributed by atoms with van der Waals surface area (Å²) >= 11 is 1.40. The highest BCUT2D eigenvalue weighted by Crippen LogP contribution is 2.28. The molecule has 1 aliphatic rings. The summed E-state index contributed by atoms with van der Waals surface area (Å²) in [5.41, 5.74) is 2.28. The molecule has 1 atom stereocenters. The van der Waals surface area contributed by atoms with Crippen LogP contribution in [-0.2, 0) is 14.8 Å². The maximum Gasteiger partial charge on any atom is 0.257 e. The lowest BCUT2D eigenvalue weighted by Gasteiger charge is -2.20. The van der Waals surface area contributed by atoms with Crippen molar-refractivity contribution < 1.29 is 17.9 Å². The van der Waals surface area contributed by atoms with Crippen LogP contribution in [-0.4, -0.2) is 49.9 Å². The van der Waals surface area contributed by atoms with Crippen molar-refractivity contribution in [2.45, 2.75) is 30.8 Å². The van der Waals surface area contributed by atoms with Gasteiger partial charge in [0, 0.05) is 25.8 Å². The first-order valence-electron chi connectivity index (χ1n) is 9.70. The number of ether oxygens (including phenoxy) is 1. The van der Waals surface area contributed by atoms with Crippen molar-refractivity contribution in [2.75, 3.05) is 25.5 Å². The van der Waals surface area contributed by atoms with Crippen LogP contribution in [0.2, 0.25) is 0 Å². The van der Waals surface area contributed by atoms with E-state index in [1.807, 2.05) is 25.1 Å². The molecule has 4 rings (SSSR count).